The lowest BCUT2D eigenvalue weighted by Crippen LogP contribution is -2.17. The van der Waals surface area contributed by atoms with Crippen molar-refractivity contribution in [2.24, 2.45) is 5.16 Å². The molecule has 0 unspecified atom stereocenters. The van der Waals surface area contributed by atoms with Gasteiger partial charge in [0.15, 0.2) is 6.61 Å². The van der Waals surface area contributed by atoms with Gasteiger partial charge in [0, 0.05) is 5.56 Å². The number of halogens is 3. The highest BCUT2D eigenvalue weighted by atomic mass is 35.5. The van der Waals surface area contributed by atoms with E-state index in [1.807, 2.05) is 0 Å². The molecule has 2 aromatic carbocycles. The van der Waals surface area contributed by atoms with Gasteiger partial charge in [-0.3, -0.25) is 4.79 Å². The number of nitrogens with zero attached hydrogens (tertiary/aromatic N) is 1. The van der Waals surface area contributed by atoms with Crippen molar-refractivity contribution in [3.8, 4) is 0 Å². The van der Waals surface area contributed by atoms with E-state index in [0.29, 0.717) is 0 Å². The lowest BCUT2D eigenvalue weighted by molar-refractivity contribution is -0.120. The van der Waals surface area contributed by atoms with E-state index in [4.69, 9.17) is 16.4 Å². The molecule has 2 aromatic rings. The number of carbonyl (C=O) groups excluding carboxylic acids is 1. The van der Waals surface area contributed by atoms with Crippen molar-refractivity contribution >= 4 is 29.4 Å². The molecule has 4 nitrogen and oxygen atoms in total. The molecule has 0 aromatic heterocycles. The average Bonchev–Trinajstić information content (AvgIpc) is 2.48. The summed E-state index contributed by atoms with van der Waals surface area (Å²) in [6, 6.07) is 9.57. The number of amides is 1. The van der Waals surface area contributed by atoms with Gasteiger partial charge < -0.3 is 10.2 Å². The highest BCUT2D eigenvalue weighted by Crippen LogP contribution is 2.22. The number of anilines is 1. The van der Waals surface area contributed by atoms with Crippen LogP contribution in [-0.2, 0) is 9.63 Å². The van der Waals surface area contributed by atoms with Gasteiger partial charge in [-0.1, -0.05) is 35.0 Å². The van der Waals surface area contributed by atoms with Crippen molar-refractivity contribution in [3.63, 3.8) is 0 Å². The molecule has 1 amide bonds. The van der Waals surface area contributed by atoms with Gasteiger partial charge >= 0.3 is 0 Å². The first-order valence-corrected chi connectivity index (χ1v) is 6.59. The summed E-state index contributed by atoms with van der Waals surface area (Å²) in [6.07, 6.45) is 1.16. The van der Waals surface area contributed by atoms with Gasteiger partial charge in [-0.2, -0.15) is 0 Å². The van der Waals surface area contributed by atoms with E-state index in [1.165, 1.54) is 24.3 Å². The van der Waals surface area contributed by atoms with Crippen LogP contribution in [0.4, 0.5) is 14.5 Å². The first-order valence-electron chi connectivity index (χ1n) is 6.21. The topological polar surface area (TPSA) is 50.7 Å². The van der Waals surface area contributed by atoms with Crippen LogP contribution >= 0.6 is 11.6 Å². The van der Waals surface area contributed by atoms with Crippen LogP contribution in [-0.4, -0.2) is 18.7 Å². The van der Waals surface area contributed by atoms with E-state index in [1.54, 1.807) is 12.1 Å². The normalized spacial score (nSPS) is 10.7. The Balaban J connectivity index is 1.84. The molecule has 0 fully saturated rings. The zero-order chi connectivity index (χ0) is 15.9. The van der Waals surface area contributed by atoms with Crippen LogP contribution in [0.1, 0.15) is 5.56 Å². The smallest absolute Gasteiger partial charge is 0.265 e. The van der Waals surface area contributed by atoms with Crippen LogP contribution in [0.25, 0.3) is 0 Å². The fraction of sp³-hybridized carbons (Fsp3) is 0.0667. The number of carbonyl (C=O) groups is 1. The molecule has 7 heteroatoms. The summed E-state index contributed by atoms with van der Waals surface area (Å²) < 4.78 is 26.1. The fourth-order valence-electron chi connectivity index (χ4n) is 1.55. The third kappa shape index (κ3) is 4.53. The van der Waals surface area contributed by atoms with Gasteiger partial charge in [0.05, 0.1) is 16.9 Å². The van der Waals surface area contributed by atoms with Crippen molar-refractivity contribution in [1.29, 1.82) is 0 Å². The largest absolute Gasteiger partial charge is 0.386 e. The summed E-state index contributed by atoms with van der Waals surface area (Å²) >= 11 is 5.77. The second-order valence-electron chi connectivity index (χ2n) is 4.20. The first kappa shape index (κ1) is 15.9. The van der Waals surface area contributed by atoms with Gasteiger partial charge in [0.2, 0.25) is 0 Å². The maximum atomic E-state index is 13.3. The van der Waals surface area contributed by atoms with E-state index in [9.17, 15) is 13.6 Å². The quantitative estimate of drug-likeness (QED) is 0.674. The molecule has 0 spiro atoms. The van der Waals surface area contributed by atoms with E-state index < -0.39 is 24.1 Å². The molecule has 0 aliphatic carbocycles. The Kier molecular flexibility index (Phi) is 5.43. The van der Waals surface area contributed by atoms with Crippen molar-refractivity contribution in [3.05, 3.63) is 64.7 Å². The summed E-state index contributed by atoms with van der Waals surface area (Å²) in [5, 5.41) is 6.01. The van der Waals surface area contributed by atoms with Gasteiger partial charge in [-0.25, -0.2) is 8.78 Å². The zero-order valence-electron chi connectivity index (χ0n) is 11.2. The maximum Gasteiger partial charge on any atom is 0.265 e. The molecule has 0 atom stereocenters. The number of oxime groups is 1. The van der Waals surface area contributed by atoms with Crippen molar-refractivity contribution < 1.29 is 18.4 Å². The van der Waals surface area contributed by atoms with Gasteiger partial charge in [0.1, 0.15) is 11.6 Å². The lowest BCUT2D eigenvalue weighted by Gasteiger charge is -2.06. The number of nitrogens with one attached hydrogen (secondary N) is 1. The third-order valence-electron chi connectivity index (χ3n) is 2.57. The summed E-state index contributed by atoms with van der Waals surface area (Å²) in [5.74, 6) is -1.48. The Morgan fingerprint density at radius 3 is 2.77 bits per heavy atom. The van der Waals surface area contributed by atoms with Crippen LogP contribution in [0, 0.1) is 11.6 Å². The molecule has 2 rings (SSSR count). The molecule has 0 saturated carbocycles. The zero-order valence-corrected chi connectivity index (χ0v) is 12.0. The van der Waals surface area contributed by atoms with E-state index in [2.05, 4.69) is 10.5 Å². The highest BCUT2D eigenvalue weighted by Gasteiger charge is 2.07. The van der Waals surface area contributed by atoms with Crippen LogP contribution in [0.2, 0.25) is 5.02 Å². The minimum atomic E-state index is -0.529. The number of hydrogen-bond acceptors (Lipinski definition) is 3. The average molecular weight is 325 g/mol. The lowest BCUT2D eigenvalue weighted by atomic mass is 10.2. The SMILES string of the molecule is O=C(CO/N=C\c1ccccc1F)Nc1ccc(F)cc1Cl. The second kappa shape index (κ2) is 7.51. The van der Waals surface area contributed by atoms with Crippen molar-refractivity contribution in [2.75, 3.05) is 11.9 Å². The Hall–Kier alpha value is -2.47. The predicted molar refractivity (Wildman–Crippen MR) is 80.0 cm³/mol. The standard InChI is InChI=1S/C15H11ClF2N2O2/c16-12-7-11(17)5-6-14(12)20-15(21)9-22-19-8-10-3-1-2-4-13(10)18/h1-8H,9H2,(H,20,21)/b19-8-. The Labute approximate surface area is 130 Å². The fourth-order valence-corrected chi connectivity index (χ4v) is 1.76. The number of hydrogen-bond donors (Lipinski definition) is 1. The monoisotopic (exact) mass is 324 g/mol. The van der Waals surface area contributed by atoms with E-state index >= 15 is 0 Å². The summed E-state index contributed by atoms with van der Waals surface area (Å²) in [5.41, 5.74) is 0.499. The van der Waals surface area contributed by atoms with Crippen LogP contribution in [0.15, 0.2) is 47.6 Å². The van der Waals surface area contributed by atoms with Gasteiger partial charge in [-0.05, 0) is 24.3 Å². The van der Waals surface area contributed by atoms with Gasteiger partial charge in [0.25, 0.3) is 5.91 Å². The molecule has 0 bridgehead atoms. The molecular formula is C15H11ClF2N2O2. The minimum Gasteiger partial charge on any atom is -0.386 e. The Morgan fingerprint density at radius 1 is 1.27 bits per heavy atom. The van der Waals surface area contributed by atoms with Gasteiger partial charge in [-0.15, -0.1) is 0 Å². The molecular weight excluding hydrogens is 314 g/mol. The van der Waals surface area contributed by atoms with E-state index in [-0.39, 0.29) is 16.3 Å². The molecule has 0 aliphatic heterocycles. The number of rotatable bonds is 5. The molecule has 1 N–H and O–H groups in total. The summed E-state index contributed by atoms with van der Waals surface area (Å²) in [4.78, 5) is 16.4. The summed E-state index contributed by atoms with van der Waals surface area (Å²) in [7, 11) is 0. The van der Waals surface area contributed by atoms with Crippen molar-refractivity contribution in [2.45, 2.75) is 0 Å². The minimum absolute atomic E-state index is 0.0724. The van der Waals surface area contributed by atoms with Crippen LogP contribution in [0.5, 0.6) is 0 Å². The molecule has 0 radical (unpaired) electrons. The molecule has 0 aliphatic rings. The first-order chi connectivity index (χ1) is 10.6. The summed E-state index contributed by atoms with van der Waals surface area (Å²) in [6.45, 7) is -0.390. The Bertz CT molecular complexity index is 708. The van der Waals surface area contributed by atoms with Crippen LogP contribution < -0.4 is 5.32 Å². The van der Waals surface area contributed by atoms with Crippen LogP contribution in [0.3, 0.4) is 0 Å². The predicted octanol–water partition coefficient (Wildman–Crippen LogP) is 3.61. The van der Waals surface area contributed by atoms with E-state index in [0.717, 1.165) is 12.3 Å². The maximum absolute atomic E-state index is 13.3. The highest BCUT2D eigenvalue weighted by molar-refractivity contribution is 6.33. The Morgan fingerprint density at radius 2 is 2.05 bits per heavy atom. The molecule has 0 heterocycles. The molecule has 114 valence electrons. The molecule has 0 saturated heterocycles. The second-order valence-corrected chi connectivity index (χ2v) is 4.61. The molecule has 22 heavy (non-hydrogen) atoms. The third-order valence-corrected chi connectivity index (χ3v) is 2.89. The number of benzene rings is 2. The van der Waals surface area contributed by atoms with Crippen molar-refractivity contribution in [1.82, 2.24) is 0 Å².